The lowest BCUT2D eigenvalue weighted by atomic mass is 10.1. The maximum absolute atomic E-state index is 12.9. The van der Waals surface area contributed by atoms with Gasteiger partial charge in [0, 0.05) is 11.3 Å². The molecule has 4 rings (SSSR count). The summed E-state index contributed by atoms with van der Waals surface area (Å²) < 4.78 is 40.1. The van der Waals surface area contributed by atoms with Gasteiger partial charge in [0.15, 0.2) is 11.3 Å². The van der Waals surface area contributed by atoms with Crippen molar-refractivity contribution in [2.24, 2.45) is 10.2 Å². The molecule has 0 atom stereocenters. The van der Waals surface area contributed by atoms with Crippen LogP contribution in [-0.4, -0.2) is 14.6 Å². The van der Waals surface area contributed by atoms with E-state index in [1.165, 1.54) is 16.6 Å². The van der Waals surface area contributed by atoms with Gasteiger partial charge in [0.1, 0.15) is 0 Å². The van der Waals surface area contributed by atoms with Crippen molar-refractivity contribution >= 4 is 17.0 Å². The molecule has 0 aliphatic rings. The first kappa shape index (κ1) is 18.6. The van der Waals surface area contributed by atoms with Crippen LogP contribution in [0.3, 0.4) is 0 Å². The van der Waals surface area contributed by atoms with Gasteiger partial charge in [0.2, 0.25) is 0 Å². The maximum Gasteiger partial charge on any atom is 0.416 e. The van der Waals surface area contributed by atoms with Crippen molar-refractivity contribution in [3.8, 4) is 11.3 Å². The first-order valence-electron chi connectivity index (χ1n) is 8.60. The van der Waals surface area contributed by atoms with Gasteiger partial charge in [0.25, 0.3) is 5.56 Å². The van der Waals surface area contributed by atoms with Crippen LogP contribution in [0.2, 0.25) is 0 Å². The Morgan fingerprint density at radius 1 is 1.00 bits per heavy atom. The minimum absolute atomic E-state index is 0.0190. The van der Waals surface area contributed by atoms with Crippen LogP contribution < -0.4 is 5.56 Å². The standard InChI is InChI=1S/C20H14F3N5O/c1-12-10-16(13-6-3-2-4-7-13)28-18(24-12)17(19(29)27-28)26-25-15-9-5-8-14(11-15)20(21,22)23/h2-11H,1H3,(H,27,29). The van der Waals surface area contributed by atoms with Crippen LogP contribution in [-0.2, 0) is 6.18 Å². The Morgan fingerprint density at radius 2 is 1.76 bits per heavy atom. The van der Waals surface area contributed by atoms with Crippen LogP contribution in [0.4, 0.5) is 24.5 Å². The summed E-state index contributed by atoms with van der Waals surface area (Å²) in [5.74, 6) is 0. The average molecular weight is 397 g/mol. The summed E-state index contributed by atoms with van der Waals surface area (Å²) in [4.78, 5) is 16.8. The lowest BCUT2D eigenvalue weighted by Crippen LogP contribution is -2.03. The first-order valence-corrected chi connectivity index (χ1v) is 8.60. The van der Waals surface area contributed by atoms with Crippen molar-refractivity contribution in [3.63, 3.8) is 0 Å². The molecule has 146 valence electrons. The second-order valence-electron chi connectivity index (χ2n) is 6.35. The lowest BCUT2D eigenvalue weighted by Gasteiger charge is -2.07. The zero-order valence-corrected chi connectivity index (χ0v) is 15.1. The van der Waals surface area contributed by atoms with Gasteiger partial charge in [-0.3, -0.25) is 9.89 Å². The Balaban J connectivity index is 1.82. The van der Waals surface area contributed by atoms with Crippen molar-refractivity contribution in [3.05, 3.63) is 82.3 Å². The molecule has 0 saturated carbocycles. The third-order valence-corrected chi connectivity index (χ3v) is 4.23. The molecule has 0 amide bonds. The fourth-order valence-corrected chi connectivity index (χ4v) is 2.92. The Hall–Kier alpha value is -3.75. The molecule has 6 nitrogen and oxygen atoms in total. The zero-order chi connectivity index (χ0) is 20.6. The van der Waals surface area contributed by atoms with E-state index in [2.05, 4.69) is 20.3 Å². The van der Waals surface area contributed by atoms with Gasteiger partial charge in [-0.15, -0.1) is 5.11 Å². The number of halogens is 3. The fourth-order valence-electron chi connectivity index (χ4n) is 2.92. The molecule has 4 aromatic rings. The predicted molar refractivity (Wildman–Crippen MR) is 102 cm³/mol. The number of hydrogen-bond acceptors (Lipinski definition) is 4. The second-order valence-corrected chi connectivity index (χ2v) is 6.35. The van der Waals surface area contributed by atoms with Gasteiger partial charge >= 0.3 is 6.18 Å². The molecule has 0 aliphatic heterocycles. The Labute approximate surface area is 162 Å². The molecular formula is C20H14F3N5O. The van der Waals surface area contributed by atoms with Gasteiger partial charge < -0.3 is 0 Å². The Kier molecular flexibility index (Phi) is 4.50. The van der Waals surface area contributed by atoms with E-state index in [1.54, 1.807) is 6.92 Å². The monoisotopic (exact) mass is 397 g/mol. The van der Waals surface area contributed by atoms with Crippen LogP contribution in [0.1, 0.15) is 11.3 Å². The van der Waals surface area contributed by atoms with Gasteiger partial charge in [0.05, 0.1) is 16.9 Å². The molecule has 29 heavy (non-hydrogen) atoms. The van der Waals surface area contributed by atoms with Crippen molar-refractivity contribution in [1.29, 1.82) is 0 Å². The SMILES string of the molecule is Cc1cc(-c2ccccc2)n2[nH]c(=O)c(N=Nc3cccc(C(F)(F)F)c3)c2n1. The summed E-state index contributed by atoms with van der Waals surface area (Å²) in [6.07, 6.45) is -4.49. The van der Waals surface area contributed by atoms with Gasteiger partial charge in [-0.05, 0) is 31.2 Å². The number of nitrogens with zero attached hydrogens (tertiary/aromatic N) is 4. The highest BCUT2D eigenvalue weighted by molar-refractivity contribution is 5.70. The van der Waals surface area contributed by atoms with Crippen LogP contribution in [0.5, 0.6) is 0 Å². The van der Waals surface area contributed by atoms with E-state index < -0.39 is 17.3 Å². The highest BCUT2D eigenvalue weighted by Crippen LogP contribution is 2.32. The van der Waals surface area contributed by atoms with Crippen molar-refractivity contribution in [2.75, 3.05) is 0 Å². The molecule has 0 spiro atoms. The Bertz CT molecular complexity index is 1270. The van der Waals surface area contributed by atoms with Crippen LogP contribution in [0, 0.1) is 6.92 Å². The van der Waals surface area contributed by atoms with Gasteiger partial charge in [-0.1, -0.05) is 36.4 Å². The molecule has 0 aliphatic carbocycles. The topological polar surface area (TPSA) is 74.9 Å². The number of alkyl halides is 3. The first-order chi connectivity index (χ1) is 13.8. The Morgan fingerprint density at radius 3 is 2.48 bits per heavy atom. The molecule has 0 fully saturated rings. The molecule has 0 radical (unpaired) electrons. The number of nitrogens with one attached hydrogen (secondary N) is 1. The van der Waals surface area contributed by atoms with E-state index in [4.69, 9.17) is 0 Å². The number of benzene rings is 2. The number of aromatic amines is 1. The summed E-state index contributed by atoms with van der Waals surface area (Å²) in [7, 11) is 0. The van der Waals surface area contributed by atoms with Crippen molar-refractivity contribution in [1.82, 2.24) is 14.6 Å². The average Bonchev–Trinajstić information content (AvgIpc) is 3.01. The third-order valence-electron chi connectivity index (χ3n) is 4.23. The van der Waals surface area contributed by atoms with Crippen LogP contribution in [0.25, 0.3) is 16.9 Å². The van der Waals surface area contributed by atoms with E-state index in [0.29, 0.717) is 11.4 Å². The lowest BCUT2D eigenvalue weighted by molar-refractivity contribution is -0.137. The molecule has 1 N–H and O–H groups in total. The third kappa shape index (κ3) is 3.66. The number of aryl methyl sites for hydroxylation is 1. The van der Waals surface area contributed by atoms with Gasteiger partial charge in [-0.2, -0.15) is 18.3 Å². The van der Waals surface area contributed by atoms with E-state index >= 15 is 0 Å². The van der Waals surface area contributed by atoms with Crippen molar-refractivity contribution < 1.29 is 13.2 Å². The minimum Gasteiger partial charge on any atom is -0.265 e. The molecule has 2 heterocycles. The summed E-state index contributed by atoms with van der Waals surface area (Å²) in [5.41, 5.74) is 0.961. The van der Waals surface area contributed by atoms with Crippen molar-refractivity contribution in [2.45, 2.75) is 13.1 Å². The number of fused-ring (bicyclic) bond motifs is 1. The fraction of sp³-hybridized carbons (Fsp3) is 0.100. The number of aromatic nitrogens is 3. The number of H-pyrrole nitrogens is 1. The molecule has 9 heteroatoms. The summed E-state index contributed by atoms with van der Waals surface area (Å²) in [6, 6.07) is 15.6. The molecule has 0 unspecified atom stereocenters. The predicted octanol–water partition coefficient (Wildman–Crippen LogP) is 5.43. The summed E-state index contributed by atoms with van der Waals surface area (Å²) in [6.45, 7) is 1.78. The molecule has 0 saturated heterocycles. The van der Waals surface area contributed by atoms with Crippen LogP contribution in [0.15, 0.2) is 75.7 Å². The minimum atomic E-state index is -4.49. The summed E-state index contributed by atoms with van der Waals surface area (Å²) >= 11 is 0. The van der Waals surface area contributed by atoms with E-state index in [1.807, 2.05) is 36.4 Å². The molecule has 0 bridgehead atoms. The molecular weight excluding hydrogens is 383 g/mol. The highest BCUT2D eigenvalue weighted by Gasteiger charge is 2.30. The molecule has 2 aromatic carbocycles. The van der Waals surface area contributed by atoms with Gasteiger partial charge in [-0.25, -0.2) is 9.50 Å². The van der Waals surface area contributed by atoms with Crippen LogP contribution >= 0.6 is 0 Å². The quantitative estimate of drug-likeness (QED) is 0.468. The van der Waals surface area contributed by atoms with E-state index in [0.717, 1.165) is 17.7 Å². The number of rotatable bonds is 3. The largest absolute Gasteiger partial charge is 0.416 e. The normalized spacial score (nSPS) is 12.1. The summed E-state index contributed by atoms with van der Waals surface area (Å²) in [5, 5.41) is 10.4. The maximum atomic E-state index is 12.9. The number of hydrogen-bond donors (Lipinski definition) is 1. The second kappa shape index (κ2) is 7.01. The highest BCUT2D eigenvalue weighted by atomic mass is 19.4. The smallest absolute Gasteiger partial charge is 0.265 e. The molecule has 2 aromatic heterocycles. The number of azo groups is 1. The van der Waals surface area contributed by atoms with E-state index in [9.17, 15) is 18.0 Å². The van der Waals surface area contributed by atoms with E-state index in [-0.39, 0.29) is 17.0 Å². The zero-order valence-electron chi connectivity index (χ0n) is 15.1.